The molecule has 1 N–H and O–H groups in total. The SMILES string of the molecule is CCCC1CC1NCc1cc(Br)ccc1F. The molecule has 0 aliphatic heterocycles. The molecule has 1 aromatic carbocycles. The monoisotopic (exact) mass is 285 g/mol. The molecule has 1 saturated carbocycles. The third-order valence-electron chi connectivity index (χ3n) is 3.14. The maximum Gasteiger partial charge on any atom is 0.127 e. The summed E-state index contributed by atoms with van der Waals surface area (Å²) in [7, 11) is 0. The second-order valence-corrected chi connectivity index (χ2v) is 5.42. The summed E-state index contributed by atoms with van der Waals surface area (Å²) in [5.41, 5.74) is 0.747. The lowest BCUT2D eigenvalue weighted by Crippen LogP contribution is -2.18. The quantitative estimate of drug-likeness (QED) is 0.866. The molecule has 2 rings (SSSR count). The molecule has 1 aliphatic rings. The van der Waals surface area contributed by atoms with Crippen LogP contribution in [-0.2, 0) is 6.54 Å². The molecule has 16 heavy (non-hydrogen) atoms. The van der Waals surface area contributed by atoms with Crippen LogP contribution in [0.4, 0.5) is 4.39 Å². The summed E-state index contributed by atoms with van der Waals surface area (Å²) in [6, 6.07) is 5.70. The van der Waals surface area contributed by atoms with Gasteiger partial charge in [-0.25, -0.2) is 4.39 Å². The van der Waals surface area contributed by atoms with Crippen molar-refractivity contribution in [2.24, 2.45) is 5.92 Å². The number of hydrogen-bond acceptors (Lipinski definition) is 1. The Balaban J connectivity index is 1.84. The van der Waals surface area contributed by atoms with Gasteiger partial charge in [0.15, 0.2) is 0 Å². The van der Waals surface area contributed by atoms with Crippen molar-refractivity contribution in [3.8, 4) is 0 Å². The van der Waals surface area contributed by atoms with Gasteiger partial charge in [-0.1, -0.05) is 29.3 Å². The summed E-state index contributed by atoms with van der Waals surface area (Å²) in [6.45, 7) is 2.85. The average molecular weight is 286 g/mol. The Morgan fingerprint density at radius 3 is 3.06 bits per heavy atom. The van der Waals surface area contributed by atoms with Crippen LogP contribution in [0.1, 0.15) is 31.7 Å². The molecule has 0 bridgehead atoms. The Hall–Kier alpha value is -0.410. The zero-order valence-electron chi connectivity index (χ0n) is 9.47. The summed E-state index contributed by atoms with van der Waals surface area (Å²) in [6.07, 6.45) is 3.79. The topological polar surface area (TPSA) is 12.0 Å². The van der Waals surface area contributed by atoms with E-state index in [-0.39, 0.29) is 5.82 Å². The Labute approximate surface area is 105 Å². The smallest absolute Gasteiger partial charge is 0.127 e. The standard InChI is InChI=1S/C13H17BrFN/c1-2-3-9-7-13(9)16-8-10-6-11(14)4-5-12(10)15/h4-6,9,13,16H,2-3,7-8H2,1H3. The first-order valence-corrected chi connectivity index (χ1v) is 6.67. The Morgan fingerprint density at radius 1 is 1.50 bits per heavy atom. The van der Waals surface area contributed by atoms with Gasteiger partial charge in [0, 0.05) is 22.6 Å². The van der Waals surface area contributed by atoms with E-state index in [1.54, 1.807) is 6.07 Å². The zero-order chi connectivity index (χ0) is 11.5. The summed E-state index contributed by atoms with van der Waals surface area (Å²) < 4.78 is 14.4. The second-order valence-electron chi connectivity index (χ2n) is 4.51. The fourth-order valence-corrected chi connectivity index (χ4v) is 2.52. The lowest BCUT2D eigenvalue weighted by atomic mass is 10.2. The Morgan fingerprint density at radius 2 is 2.31 bits per heavy atom. The van der Waals surface area contributed by atoms with E-state index in [1.807, 2.05) is 6.07 Å². The number of benzene rings is 1. The van der Waals surface area contributed by atoms with Crippen molar-refractivity contribution in [3.05, 3.63) is 34.1 Å². The molecule has 3 heteroatoms. The van der Waals surface area contributed by atoms with E-state index in [9.17, 15) is 4.39 Å². The minimum Gasteiger partial charge on any atom is -0.310 e. The van der Waals surface area contributed by atoms with Crippen LogP contribution in [0, 0.1) is 11.7 Å². The minimum absolute atomic E-state index is 0.122. The maximum absolute atomic E-state index is 13.4. The predicted molar refractivity (Wildman–Crippen MR) is 67.7 cm³/mol. The van der Waals surface area contributed by atoms with Gasteiger partial charge in [0.05, 0.1) is 0 Å². The number of hydrogen-bond donors (Lipinski definition) is 1. The highest BCUT2D eigenvalue weighted by molar-refractivity contribution is 9.10. The molecule has 2 atom stereocenters. The molecular weight excluding hydrogens is 269 g/mol. The summed E-state index contributed by atoms with van der Waals surface area (Å²) in [5.74, 6) is 0.698. The van der Waals surface area contributed by atoms with Gasteiger partial charge in [-0.05, 0) is 37.0 Å². The van der Waals surface area contributed by atoms with Crippen LogP contribution >= 0.6 is 15.9 Å². The van der Waals surface area contributed by atoms with Gasteiger partial charge >= 0.3 is 0 Å². The van der Waals surface area contributed by atoms with Gasteiger partial charge in [0.1, 0.15) is 5.82 Å². The molecule has 0 aromatic heterocycles. The third kappa shape index (κ3) is 3.05. The van der Waals surface area contributed by atoms with E-state index < -0.39 is 0 Å². The van der Waals surface area contributed by atoms with Gasteiger partial charge in [-0.15, -0.1) is 0 Å². The summed E-state index contributed by atoms with van der Waals surface area (Å²) in [4.78, 5) is 0. The molecular formula is C13H17BrFN. The van der Waals surface area contributed by atoms with E-state index in [2.05, 4.69) is 28.2 Å². The summed E-state index contributed by atoms with van der Waals surface area (Å²) >= 11 is 3.36. The van der Waals surface area contributed by atoms with E-state index >= 15 is 0 Å². The zero-order valence-corrected chi connectivity index (χ0v) is 11.1. The molecule has 0 amide bonds. The first kappa shape index (κ1) is 12.1. The van der Waals surface area contributed by atoms with Gasteiger partial charge in [-0.2, -0.15) is 0 Å². The van der Waals surface area contributed by atoms with Gasteiger partial charge in [0.25, 0.3) is 0 Å². The predicted octanol–water partition coefficient (Wildman–Crippen LogP) is 3.87. The number of halogens is 2. The average Bonchev–Trinajstić information content (AvgIpc) is 2.99. The van der Waals surface area contributed by atoms with Crippen molar-refractivity contribution in [1.29, 1.82) is 0 Å². The maximum atomic E-state index is 13.4. The van der Waals surface area contributed by atoms with Crippen LogP contribution in [-0.4, -0.2) is 6.04 Å². The van der Waals surface area contributed by atoms with Crippen LogP contribution in [0.5, 0.6) is 0 Å². The molecule has 1 aliphatic carbocycles. The molecule has 0 spiro atoms. The molecule has 88 valence electrons. The molecule has 2 unspecified atom stereocenters. The van der Waals surface area contributed by atoms with E-state index in [0.29, 0.717) is 12.6 Å². The van der Waals surface area contributed by atoms with Crippen LogP contribution in [0.25, 0.3) is 0 Å². The van der Waals surface area contributed by atoms with Crippen LogP contribution in [0.2, 0.25) is 0 Å². The highest BCUT2D eigenvalue weighted by atomic mass is 79.9. The van der Waals surface area contributed by atoms with E-state index in [0.717, 1.165) is 16.0 Å². The van der Waals surface area contributed by atoms with Crippen LogP contribution in [0.3, 0.4) is 0 Å². The molecule has 1 aromatic rings. The third-order valence-corrected chi connectivity index (χ3v) is 3.64. The van der Waals surface area contributed by atoms with Gasteiger partial charge < -0.3 is 5.32 Å². The fourth-order valence-electron chi connectivity index (χ4n) is 2.11. The Bertz CT molecular complexity index is 367. The molecule has 1 nitrogen and oxygen atoms in total. The first-order chi connectivity index (χ1) is 7.70. The molecule has 0 radical (unpaired) electrons. The second kappa shape index (κ2) is 5.28. The first-order valence-electron chi connectivity index (χ1n) is 5.88. The molecule has 0 heterocycles. The number of rotatable bonds is 5. The van der Waals surface area contributed by atoms with Crippen LogP contribution < -0.4 is 5.32 Å². The van der Waals surface area contributed by atoms with Gasteiger partial charge in [0.2, 0.25) is 0 Å². The Kier molecular flexibility index (Phi) is 3.98. The van der Waals surface area contributed by atoms with Crippen molar-refractivity contribution in [3.63, 3.8) is 0 Å². The number of nitrogens with one attached hydrogen (secondary N) is 1. The van der Waals surface area contributed by atoms with Crippen molar-refractivity contribution in [2.75, 3.05) is 0 Å². The van der Waals surface area contributed by atoms with Crippen molar-refractivity contribution >= 4 is 15.9 Å². The van der Waals surface area contributed by atoms with Crippen molar-refractivity contribution in [1.82, 2.24) is 5.32 Å². The lowest BCUT2D eigenvalue weighted by Gasteiger charge is -2.06. The summed E-state index contributed by atoms with van der Waals surface area (Å²) in [5, 5.41) is 3.42. The van der Waals surface area contributed by atoms with Crippen molar-refractivity contribution in [2.45, 2.75) is 38.8 Å². The van der Waals surface area contributed by atoms with E-state index in [4.69, 9.17) is 0 Å². The lowest BCUT2D eigenvalue weighted by molar-refractivity contribution is 0.565. The normalized spacial score (nSPS) is 23.4. The minimum atomic E-state index is -0.122. The van der Waals surface area contributed by atoms with E-state index in [1.165, 1.54) is 25.3 Å². The largest absolute Gasteiger partial charge is 0.310 e. The van der Waals surface area contributed by atoms with Gasteiger partial charge in [-0.3, -0.25) is 0 Å². The van der Waals surface area contributed by atoms with Crippen LogP contribution in [0.15, 0.2) is 22.7 Å². The highest BCUT2D eigenvalue weighted by Crippen LogP contribution is 2.34. The molecule has 0 saturated heterocycles. The molecule has 1 fully saturated rings. The fraction of sp³-hybridized carbons (Fsp3) is 0.538. The highest BCUT2D eigenvalue weighted by Gasteiger charge is 2.35. The van der Waals surface area contributed by atoms with Crippen molar-refractivity contribution < 1.29 is 4.39 Å².